The molecule has 0 unspecified atom stereocenters. The summed E-state index contributed by atoms with van der Waals surface area (Å²) in [6.07, 6.45) is 3.04. The minimum Gasteiger partial charge on any atom is -0.314 e. The molecule has 2 aromatic rings. The maximum Gasteiger partial charge on any atom is 0.236 e. The lowest BCUT2D eigenvalue weighted by Crippen LogP contribution is -2.38. The summed E-state index contributed by atoms with van der Waals surface area (Å²) >= 11 is 0. The van der Waals surface area contributed by atoms with Crippen LogP contribution in [0.1, 0.15) is 37.3 Å². The Labute approximate surface area is 137 Å². The topological polar surface area (TPSA) is 20.3 Å². The summed E-state index contributed by atoms with van der Waals surface area (Å²) in [5.41, 5.74) is 5.60. The van der Waals surface area contributed by atoms with Gasteiger partial charge in [-0.25, -0.2) is 0 Å². The molecule has 116 valence electrons. The first-order valence-corrected chi connectivity index (χ1v) is 8.29. The van der Waals surface area contributed by atoms with Crippen molar-refractivity contribution < 1.29 is 4.79 Å². The summed E-state index contributed by atoms with van der Waals surface area (Å²) in [7, 11) is 1.91. The monoisotopic (exact) mass is 303 g/mol. The molecule has 1 aliphatic heterocycles. The Hall–Kier alpha value is -2.35. The van der Waals surface area contributed by atoms with Crippen molar-refractivity contribution in [2.24, 2.45) is 5.41 Å². The Morgan fingerprint density at radius 2 is 1.70 bits per heavy atom. The van der Waals surface area contributed by atoms with E-state index in [0.29, 0.717) is 0 Å². The summed E-state index contributed by atoms with van der Waals surface area (Å²) in [6, 6.07) is 18.8. The summed E-state index contributed by atoms with van der Waals surface area (Å²) < 4.78 is 0. The molecule has 1 aliphatic carbocycles. The Morgan fingerprint density at radius 1 is 1.00 bits per heavy atom. The SMILES string of the molecule is CN1C(=O)[C@@]2(C)CCCC2=C(c2ccccc2)c2ccccc21. The molecule has 2 aromatic carbocycles. The molecule has 1 saturated carbocycles. The summed E-state index contributed by atoms with van der Waals surface area (Å²) in [5.74, 6) is 0.225. The fourth-order valence-corrected chi connectivity index (χ4v) is 4.24. The van der Waals surface area contributed by atoms with Crippen molar-refractivity contribution in [1.82, 2.24) is 0 Å². The third-order valence-corrected chi connectivity index (χ3v) is 5.45. The van der Waals surface area contributed by atoms with Gasteiger partial charge in [0.05, 0.1) is 11.1 Å². The summed E-state index contributed by atoms with van der Waals surface area (Å²) in [6.45, 7) is 2.13. The van der Waals surface area contributed by atoms with Crippen molar-refractivity contribution in [1.29, 1.82) is 0 Å². The number of hydrogen-bond donors (Lipinski definition) is 0. The van der Waals surface area contributed by atoms with Gasteiger partial charge >= 0.3 is 0 Å². The second-order valence-electron chi connectivity index (χ2n) is 6.79. The number of amides is 1. The van der Waals surface area contributed by atoms with E-state index in [9.17, 15) is 4.79 Å². The summed E-state index contributed by atoms with van der Waals surface area (Å²) in [4.78, 5) is 15.0. The predicted molar refractivity (Wildman–Crippen MR) is 94.3 cm³/mol. The number of benzene rings is 2. The third-order valence-electron chi connectivity index (χ3n) is 5.45. The van der Waals surface area contributed by atoms with Crippen LogP contribution in [-0.2, 0) is 4.79 Å². The van der Waals surface area contributed by atoms with Crippen LogP contribution in [0.3, 0.4) is 0 Å². The van der Waals surface area contributed by atoms with Crippen LogP contribution in [0.5, 0.6) is 0 Å². The van der Waals surface area contributed by atoms with E-state index in [2.05, 4.69) is 49.4 Å². The van der Waals surface area contributed by atoms with E-state index in [1.165, 1.54) is 22.3 Å². The molecule has 0 spiro atoms. The minimum absolute atomic E-state index is 0.225. The molecule has 2 heteroatoms. The lowest BCUT2D eigenvalue weighted by atomic mass is 9.79. The number of fused-ring (bicyclic) bond motifs is 2. The van der Waals surface area contributed by atoms with Gasteiger partial charge in [0.15, 0.2) is 0 Å². The molecular weight excluding hydrogens is 282 g/mol. The first kappa shape index (κ1) is 14.3. The van der Waals surface area contributed by atoms with Gasteiger partial charge in [-0.1, -0.05) is 48.5 Å². The summed E-state index contributed by atoms with van der Waals surface area (Å²) in [5, 5.41) is 0. The number of anilines is 1. The average Bonchev–Trinajstić information content (AvgIpc) is 2.95. The van der Waals surface area contributed by atoms with Gasteiger partial charge in [-0.2, -0.15) is 0 Å². The van der Waals surface area contributed by atoms with Gasteiger partial charge in [0, 0.05) is 12.6 Å². The third kappa shape index (κ3) is 1.98. The van der Waals surface area contributed by atoms with Crippen LogP contribution in [0.2, 0.25) is 0 Å². The maximum absolute atomic E-state index is 13.2. The number of nitrogens with zero attached hydrogens (tertiary/aromatic N) is 1. The second kappa shape index (κ2) is 5.09. The number of rotatable bonds is 1. The van der Waals surface area contributed by atoms with E-state index in [0.717, 1.165) is 24.9 Å². The number of carbonyl (C=O) groups is 1. The minimum atomic E-state index is -0.376. The highest BCUT2D eigenvalue weighted by Gasteiger charge is 2.46. The Morgan fingerprint density at radius 3 is 2.48 bits per heavy atom. The Kier molecular flexibility index (Phi) is 3.15. The van der Waals surface area contributed by atoms with Gasteiger partial charge in [0.2, 0.25) is 5.91 Å². The van der Waals surface area contributed by atoms with Crippen LogP contribution in [0.15, 0.2) is 60.2 Å². The number of carbonyl (C=O) groups excluding carboxylic acids is 1. The smallest absolute Gasteiger partial charge is 0.236 e. The van der Waals surface area contributed by atoms with Crippen LogP contribution >= 0.6 is 0 Å². The van der Waals surface area contributed by atoms with E-state index in [1.54, 1.807) is 0 Å². The molecule has 0 radical (unpaired) electrons. The Balaban J connectivity index is 2.09. The largest absolute Gasteiger partial charge is 0.314 e. The fraction of sp³-hybridized carbons (Fsp3) is 0.286. The Bertz CT molecular complexity index is 806. The van der Waals surface area contributed by atoms with Gasteiger partial charge in [-0.3, -0.25) is 4.79 Å². The van der Waals surface area contributed by atoms with Crippen molar-refractivity contribution in [2.45, 2.75) is 26.2 Å². The van der Waals surface area contributed by atoms with Crippen molar-refractivity contribution in [2.75, 3.05) is 11.9 Å². The van der Waals surface area contributed by atoms with Crippen molar-refractivity contribution >= 4 is 17.2 Å². The molecular formula is C21H21NO. The van der Waals surface area contributed by atoms with Crippen LogP contribution in [0.25, 0.3) is 5.57 Å². The van der Waals surface area contributed by atoms with Gasteiger partial charge in [0.1, 0.15) is 0 Å². The lowest BCUT2D eigenvalue weighted by Gasteiger charge is -2.28. The van der Waals surface area contributed by atoms with E-state index in [-0.39, 0.29) is 11.3 Å². The molecule has 0 saturated heterocycles. The van der Waals surface area contributed by atoms with E-state index in [1.807, 2.05) is 24.1 Å². The first-order valence-electron chi connectivity index (χ1n) is 8.29. The maximum atomic E-state index is 13.2. The van der Waals surface area contributed by atoms with Gasteiger partial charge in [0.25, 0.3) is 0 Å². The standard InChI is InChI=1S/C21H21NO/c1-21-14-8-12-17(21)19(15-9-4-3-5-10-15)16-11-6-7-13-18(16)22(2)20(21)23/h3-7,9-11,13H,8,12,14H2,1-2H3/t21-/m0/s1. The molecule has 0 N–H and O–H groups in total. The zero-order chi connectivity index (χ0) is 16.0. The van der Waals surface area contributed by atoms with Crippen molar-refractivity contribution in [3.63, 3.8) is 0 Å². The number of hydrogen-bond acceptors (Lipinski definition) is 1. The van der Waals surface area contributed by atoms with E-state index in [4.69, 9.17) is 0 Å². The molecule has 4 rings (SSSR count). The van der Waals surface area contributed by atoms with Crippen LogP contribution in [-0.4, -0.2) is 13.0 Å². The highest BCUT2D eigenvalue weighted by Crippen LogP contribution is 2.52. The zero-order valence-corrected chi connectivity index (χ0v) is 13.7. The van der Waals surface area contributed by atoms with Crippen LogP contribution in [0.4, 0.5) is 5.69 Å². The van der Waals surface area contributed by atoms with Gasteiger partial charge in [-0.15, -0.1) is 0 Å². The van der Waals surface area contributed by atoms with E-state index >= 15 is 0 Å². The zero-order valence-electron chi connectivity index (χ0n) is 13.7. The van der Waals surface area contributed by atoms with Gasteiger partial charge in [-0.05, 0) is 49.0 Å². The normalized spacial score (nSPS) is 23.6. The molecule has 2 aliphatic rings. The highest BCUT2D eigenvalue weighted by atomic mass is 16.2. The van der Waals surface area contributed by atoms with E-state index < -0.39 is 0 Å². The second-order valence-corrected chi connectivity index (χ2v) is 6.79. The molecule has 2 nitrogen and oxygen atoms in total. The molecule has 0 aromatic heterocycles. The molecule has 1 fully saturated rings. The number of para-hydroxylation sites is 1. The quantitative estimate of drug-likeness (QED) is 0.750. The fourth-order valence-electron chi connectivity index (χ4n) is 4.24. The van der Waals surface area contributed by atoms with Crippen LogP contribution < -0.4 is 4.90 Å². The van der Waals surface area contributed by atoms with Crippen LogP contribution in [0, 0.1) is 5.41 Å². The van der Waals surface area contributed by atoms with Crippen molar-refractivity contribution in [3.8, 4) is 0 Å². The molecule has 23 heavy (non-hydrogen) atoms. The first-order chi connectivity index (χ1) is 11.1. The molecule has 1 heterocycles. The lowest BCUT2D eigenvalue weighted by molar-refractivity contribution is -0.125. The van der Waals surface area contributed by atoms with Crippen molar-refractivity contribution in [3.05, 3.63) is 71.3 Å². The average molecular weight is 303 g/mol. The molecule has 1 atom stereocenters. The highest BCUT2D eigenvalue weighted by molar-refractivity contribution is 6.07. The van der Waals surface area contributed by atoms with Gasteiger partial charge < -0.3 is 4.90 Å². The molecule has 0 bridgehead atoms. The molecule has 1 amide bonds. The predicted octanol–water partition coefficient (Wildman–Crippen LogP) is 4.66.